The minimum Gasteiger partial charge on any atom is -0.458 e. The molecule has 0 aromatic carbocycles. The van der Waals surface area contributed by atoms with E-state index in [1.807, 2.05) is 27.0 Å². The van der Waals surface area contributed by atoms with Crippen LogP contribution < -0.4 is 5.73 Å². The van der Waals surface area contributed by atoms with E-state index in [1.54, 1.807) is 13.3 Å². The maximum absolute atomic E-state index is 17.1. The van der Waals surface area contributed by atoms with Gasteiger partial charge in [-0.05, 0) is 74.1 Å². The molecule has 0 aliphatic heterocycles. The van der Waals surface area contributed by atoms with Gasteiger partial charge in [0.1, 0.15) is 12.8 Å². The fourth-order valence-electron chi connectivity index (χ4n) is 8.47. The highest BCUT2D eigenvalue weighted by Crippen LogP contribution is 2.70. The predicted octanol–water partition coefficient (Wildman–Crippen LogP) is 4.38. The highest BCUT2D eigenvalue weighted by atomic mass is 19.1. The van der Waals surface area contributed by atoms with Crippen molar-refractivity contribution in [3.8, 4) is 0 Å². The van der Waals surface area contributed by atoms with Gasteiger partial charge in [-0.3, -0.25) is 14.4 Å². The summed E-state index contributed by atoms with van der Waals surface area (Å²) >= 11 is 0. The number of carbonyl (C=O) groups is 3. The highest BCUT2D eigenvalue weighted by molar-refractivity contribution is 6.01. The van der Waals surface area contributed by atoms with E-state index in [0.29, 0.717) is 19.4 Å². The Hall–Kier alpha value is -2.72. The number of halogens is 2. The molecule has 0 unspecified atom stereocenters. The summed E-state index contributed by atoms with van der Waals surface area (Å²) in [5.41, 5.74) is 2.09. The van der Waals surface area contributed by atoms with Crippen molar-refractivity contribution in [3.63, 3.8) is 0 Å². The number of Topliss-reactive ketones (excluding diaryl/α,β-unsaturated/α-hetero) is 1. The Bertz CT molecular complexity index is 1220. The first-order chi connectivity index (χ1) is 19.8. The summed E-state index contributed by atoms with van der Waals surface area (Å²) < 4.78 is 37.7. The normalized spacial score (nSPS) is 38.4. The van der Waals surface area contributed by atoms with Gasteiger partial charge in [0.15, 0.2) is 17.2 Å². The molecule has 3 saturated carbocycles. The molecule has 0 saturated heterocycles. The molecule has 8 nitrogen and oxygen atoms in total. The number of ether oxygens (including phenoxy) is 1. The molecule has 0 amide bonds. The van der Waals surface area contributed by atoms with Crippen LogP contribution in [0.15, 0.2) is 36.3 Å². The maximum atomic E-state index is 17.1. The molecule has 10 heteroatoms. The number of unbranched alkanes of at least 4 members (excludes halogenated alkanes) is 1. The summed E-state index contributed by atoms with van der Waals surface area (Å²) in [5.74, 6) is -2.75. The summed E-state index contributed by atoms with van der Waals surface area (Å²) in [5, 5.41) is 11.3. The number of allylic oxidation sites excluding steroid dienone is 4. The fourth-order valence-corrected chi connectivity index (χ4v) is 8.47. The Morgan fingerprint density at radius 2 is 2.00 bits per heavy atom. The number of H-pyrrole nitrogens is 1. The average molecular weight is 590 g/mol. The van der Waals surface area contributed by atoms with E-state index < -0.39 is 46.6 Å². The number of carbonyl (C=O) groups excluding carboxylic acids is 3. The molecule has 5 rings (SSSR count). The van der Waals surface area contributed by atoms with Crippen LogP contribution in [0.2, 0.25) is 0 Å². The van der Waals surface area contributed by atoms with Crippen LogP contribution >= 0.6 is 0 Å². The Kier molecular flexibility index (Phi) is 9.57. The Balaban J connectivity index is 0.000000437. The molecule has 9 atom stereocenters. The largest absolute Gasteiger partial charge is 0.458 e. The van der Waals surface area contributed by atoms with Crippen molar-refractivity contribution in [2.45, 2.75) is 90.6 Å². The number of nitrogens with two attached hydrogens (primary N) is 1. The number of imidazole rings is 1. The lowest BCUT2D eigenvalue weighted by molar-refractivity contribution is -0.202. The molecule has 1 aromatic rings. The number of nitrogens with one attached hydrogen (secondary N) is 1. The van der Waals surface area contributed by atoms with Crippen LogP contribution in [0.25, 0.3) is 0 Å². The molecule has 4 N–H and O–H groups in total. The molecule has 1 heterocycles. The number of nitrogens with zero attached hydrogens (tertiary/aromatic N) is 1. The summed E-state index contributed by atoms with van der Waals surface area (Å²) in [6, 6.07) is 0. The number of fused-ring (bicyclic) bond motifs is 5. The molecular formula is C32H45F2N3O5. The Labute approximate surface area is 246 Å². The number of aromatic amines is 1. The van der Waals surface area contributed by atoms with E-state index in [4.69, 9.17) is 10.5 Å². The van der Waals surface area contributed by atoms with Gasteiger partial charge in [0.2, 0.25) is 0 Å². The second kappa shape index (κ2) is 12.5. The Morgan fingerprint density at radius 1 is 1.26 bits per heavy atom. The Morgan fingerprint density at radius 3 is 2.64 bits per heavy atom. The molecule has 4 aliphatic carbocycles. The minimum atomic E-state index is -2.15. The van der Waals surface area contributed by atoms with Crippen LogP contribution in [-0.2, 0) is 25.5 Å². The van der Waals surface area contributed by atoms with Gasteiger partial charge in [0.25, 0.3) is 0 Å². The smallest absolute Gasteiger partial charge is 0.306 e. The number of aliphatic hydroxyl groups excluding tert-OH is 1. The van der Waals surface area contributed by atoms with Crippen LogP contribution in [0.5, 0.6) is 0 Å². The first-order valence-corrected chi connectivity index (χ1v) is 15.2. The first kappa shape index (κ1) is 32.2. The fraction of sp³-hybridized carbons (Fsp3) is 0.688. The van der Waals surface area contributed by atoms with Gasteiger partial charge < -0.3 is 20.6 Å². The molecule has 0 bridgehead atoms. The summed E-state index contributed by atoms with van der Waals surface area (Å²) in [7, 11) is 0. The molecule has 232 valence electrons. The van der Waals surface area contributed by atoms with Gasteiger partial charge in [-0.2, -0.15) is 0 Å². The average Bonchev–Trinajstić information content (AvgIpc) is 3.54. The van der Waals surface area contributed by atoms with Gasteiger partial charge in [-0.15, -0.1) is 0 Å². The van der Waals surface area contributed by atoms with Gasteiger partial charge in [0.05, 0.1) is 18.1 Å². The number of ketones is 2. The van der Waals surface area contributed by atoms with Crippen molar-refractivity contribution in [2.24, 2.45) is 40.2 Å². The predicted molar refractivity (Wildman–Crippen MR) is 154 cm³/mol. The summed E-state index contributed by atoms with van der Waals surface area (Å²) in [4.78, 5) is 43.9. The molecule has 0 radical (unpaired) electrons. The minimum absolute atomic E-state index is 0.0524. The first-order valence-electron chi connectivity index (χ1n) is 15.2. The lowest BCUT2D eigenvalue weighted by atomic mass is 9.45. The lowest BCUT2D eigenvalue weighted by Crippen LogP contribution is -2.68. The number of aromatic nitrogens is 2. The van der Waals surface area contributed by atoms with Crippen molar-refractivity contribution in [1.82, 2.24) is 9.97 Å². The van der Waals surface area contributed by atoms with Gasteiger partial charge in [0, 0.05) is 36.3 Å². The van der Waals surface area contributed by atoms with Gasteiger partial charge in [-0.1, -0.05) is 33.3 Å². The zero-order chi connectivity index (χ0) is 30.9. The number of rotatable bonds is 8. The number of hydrogen-bond acceptors (Lipinski definition) is 7. The maximum Gasteiger partial charge on any atom is 0.306 e. The van der Waals surface area contributed by atoms with Crippen LogP contribution in [0, 0.1) is 34.5 Å². The standard InChI is InChI=1S/C27H36F2O5.C5H9N3/c1-5-6-7-23(33)34-14-21(31)24-15(2)10-17-18-12-20(28)19-11-16(30)8-9-26(19,4)27(18,29)22(32)13-25(17,24)3;6-2-1-5-3-7-4-8-5/h8-9,11,15,17-18,20,22,24,32H,5-7,10,12-14H2,1-4H3;3-4H,1-2,6H2,(H,7,8)/t15-,17+,18+,20+,22+,24-,25+,26+,27+;/m1./s1. The van der Waals surface area contributed by atoms with E-state index in [1.165, 1.54) is 18.2 Å². The number of esters is 1. The van der Waals surface area contributed by atoms with E-state index in [-0.39, 0.29) is 54.8 Å². The molecule has 3 fully saturated rings. The lowest BCUT2D eigenvalue weighted by Gasteiger charge is -2.62. The number of alkyl halides is 2. The number of aliphatic hydroxyl groups is 1. The van der Waals surface area contributed by atoms with Gasteiger partial charge in [-0.25, -0.2) is 13.8 Å². The van der Waals surface area contributed by atoms with Crippen LogP contribution in [0.4, 0.5) is 8.78 Å². The SMILES string of the molecule is CCCCC(=O)OCC(=O)[C@H]1[C@H](C)C[C@H]2[C@@H]3C[C@H](F)C4=CC(=O)C=C[C@]4(C)[C@@]3(F)[C@@H](O)C[C@@]21C.NCCc1c[nH]cn1. The van der Waals surface area contributed by atoms with Crippen molar-refractivity contribution in [1.29, 1.82) is 0 Å². The van der Waals surface area contributed by atoms with Crippen molar-refractivity contribution >= 4 is 17.5 Å². The van der Waals surface area contributed by atoms with E-state index >= 15 is 8.78 Å². The van der Waals surface area contributed by atoms with Crippen molar-refractivity contribution in [3.05, 3.63) is 42.0 Å². The monoisotopic (exact) mass is 589 g/mol. The molecular weight excluding hydrogens is 544 g/mol. The van der Waals surface area contributed by atoms with Crippen LogP contribution in [0.1, 0.15) is 71.9 Å². The second-order valence-corrected chi connectivity index (χ2v) is 13.0. The van der Waals surface area contributed by atoms with Crippen molar-refractivity contribution < 1.29 is 33.0 Å². The van der Waals surface area contributed by atoms with E-state index in [9.17, 15) is 19.5 Å². The molecule has 42 heavy (non-hydrogen) atoms. The third-order valence-electron chi connectivity index (χ3n) is 10.4. The zero-order valence-corrected chi connectivity index (χ0v) is 25.1. The van der Waals surface area contributed by atoms with Gasteiger partial charge >= 0.3 is 5.97 Å². The zero-order valence-electron chi connectivity index (χ0n) is 25.1. The topological polar surface area (TPSA) is 135 Å². The third kappa shape index (κ3) is 5.52. The molecule has 0 spiro atoms. The second-order valence-electron chi connectivity index (χ2n) is 13.0. The van der Waals surface area contributed by atoms with E-state index in [0.717, 1.165) is 18.5 Å². The van der Waals surface area contributed by atoms with Crippen molar-refractivity contribution in [2.75, 3.05) is 13.2 Å². The van der Waals surface area contributed by atoms with Crippen LogP contribution in [-0.4, -0.2) is 63.7 Å². The third-order valence-corrected chi connectivity index (χ3v) is 10.4. The van der Waals surface area contributed by atoms with Crippen LogP contribution in [0.3, 0.4) is 0 Å². The summed E-state index contributed by atoms with van der Waals surface area (Å²) in [6.45, 7) is 7.70. The highest BCUT2D eigenvalue weighted by Gasteiger charge is 2.73. The molecule has 1 aromatic heterocycles. The molecule has 4 aliphatic rings. The number of hydrogen-bond donors (Lipinski definition) is 3. The summed E-state index contributed by atoms with van der Waals surface area (Å²) in [6.07, 6.45) is 7.58. The quantitative estimate of drug-likeness (QED) is 0.383. The van der Waals surface area contributed by atoms with E-state index in [2.05, 4.69) is 9.97 Å².